The highest BCUT2D eigenvalue weighted by molar-refractivity contribution is 7.86. The zero-order valence-corrected chi connectivity index (χ0v) is 13.0. The molecule has 0 aliphatic carbocycles. The Balaban J connectivity index is 2.01. The van der Waals surface area contributed by atoms with Gasteiger partial charge in [0, 0.05) is 46.0 Å². The third-order valence-corrected chi connectivity index (χ3v) is 5.52. The number of hydrogen-bond acceptors (Lipinski definition) is 5. The molecule has 0 aromatic heterocycles. The molecular formula is C12H20BN3O4S. The Bertz CT molecular complexity index is 569. The van der Waals surface area contributed by atoms with Gasteiger partial charge >= 0.3 is 7.12 Å². The Morgan fingerprint density at radius 2 is 1.57 bits per heavy atom. The summed E-state index contributed by atoms with van der Waals surface area (Å²) >= 11 is 0. The number of piperazine rings is 1. The first kappa shape index (κ1) is 16.2. The summed E-state index contributed by atoms with van der Waals surface area (Å²) in [4.78, 5) is 2.08. The van der Waals surface area contributed by atoms with E-state index in [2.05, 4.69) is 4.90 Å². The van der Waals surface area contributed by atoms with Gasteiger partial charge < -0.3 is 14.9 Å². The maximum Gasteiger partial charge on any atom is 0.488 e. The second kappa shape index (κ2) is 6.33. The standard InChI is InChI=1S/C12H20BN3O4S/c1-14(2)21(19,20)16-9-7-15(8-10-16)12-5-3-11(4-6-12)13(17)18/h3-6,17-18H,7-10H2,1-2H3. The molecule has 0 atom stereocenters. The highest BCUT2D eigenvalue weighted by Crippen LogP contribution is 2.17. The average molecular weight is 313 g/mol. The molecule has 21 heavy (non-hydrogen) atoms. The second-order valence-electron chi connectivity index (χ2n) is 5.14. The number of hydrogen-bond donors (Lipinski definition) is 2. The van der Waals surface area contributed by atoms with E-state index in [-0.39, 0.29) is 0 Å². The highest BCUT2D eigenvalue weighted by atomic mass is 32.2. The lowest BCUT2D eigenvalue weighted by molar-refractivity contribution is 0.355. The molecular weight excluding hydrogens is 293 g/mol. The van der Waals surface area contributed by atoms with Crippen LogP contribution in [0.25, 0.3) is 0 Å². The van der Waals surface area contributed by atoms with Crippen molar-refractivity contribution in [1.29, 1.82) is 0 Å². The molecule has 7 nitrogen and oxygen atoms in total. The van der Waals surface area contributed by atoms with Crippen LogP contribution >= 0.6 is 0 Å². The van der Waals surface area contributed by atoms with Crippen LogP contribution in [0.5, 0.6) is 0 Å². The van der Waals surface area contributed by atoms with Crippen molar-refractivity contribution in [2.24, 2.45) is 0 Å². The summed E-state index contributed by atoms with van der Waals surface area (Å²) in [5.41, 5.74) is 1.38. The summed E-state index contributed by atoms with van der Waals surface area (Å²) in [7, 11) is -1.76. The van der Waals surface area contributed by atoms with Crippen molar-refractivity contribution >= 4 is 28.5 Å². The zero-order chi connectivity index (χ0) is 15.6. The first-order chi connectivity index (χ1) is 9.82. The van der Waals surface area contributed by atoms with Gasteiger partial charge in [-0.15, -0.1) is 0 Å². The van der Waals surface area contributed by atoms with Crippen LogP contribution in [-0.2, 0) is 10.2 Å². The molecule has 0 spiro atoms. The molecule has 1 aliphatic rings. The van der Waals surface area contributed by atoms with Crippen LogP contribution in [0, 0.1) is 0 Å². The minimum atomic E-state index is -3.35. The Labute approximate surface area is 125 Å². The normalized spacial score (nSPS) is 17.3. The Kier molecular flexibility index (Phi) is 4.90. The number of anilines is 1. The fraction of sp³-hybridized carbons (Fsp3) is 0.500. The van der Waals surface area contributed by atoms with Gasteiger partial charge in [-0.3, -0.25) is 0 Å². The fourth-order valence-corrected chi connectivity index (χ4v) is 3.35. The molecule has 116 valence electrons. The van der Waals surface area contributed by atoms with Gasteiger partial charge in [-0.1, -0.05) is 12.1 Å². The molecule has 2 N–H and O–H groups in total. The highest BCUT2D eigenvalue weighted by Gasteiger charge is 2.28. The van der Waals surface area contributed by atoms with Crippen molar-refractivity contribution < 1.29 is 18.5 Å². The number of benzene rings is 1. The van der Waals surface area contributed by atoms with E-state index >= 15 is 0 Å². The average Bonchev–Trinajstić information content (AvgIpc) is 2.47. The quantitative estimate of drug-likeness (QED) is 0.647. The van der Waals surface area contributed by atoms with Crippen molar-refractivity contribution in [2.75, 3.05) is 45.2 Å². The molecule has 1 aliphatic heterocycles. The van der Waals surface area contributed by atoms with Crippen LogP contribution in [0.1, 0.15) is 0 Å². The predicted octanol–water partition coefficient (Wildman–Crippen LogP) is -1.71. The zero-order valence-electron chi connectivity index (χ0n) is 12.2. The van der Waals surface area contributed by atoms with E-state index in [4.69, 9.17) is 10.0 Å². The third kappa shape index (κ3) is 3.56. The third-order valence-electron chi connectivity index (χ3n) is 3.58. The van der Waals surface area contributed by atoms with E-state index in [1.807, 2.05) is 12.1 Å². The van der Waals surface area contributed by atoms with Crippen LogP contribution in [0.3, 0.4) is 0 Å². The first-order valence-corrected chi connectivity index (χ1v) is 8.10. The van der Waals surface area contributed by atoms with Crippen molar-refractivity contribution in [2.45, 2.75) is 0 Å². The van der Waals surface area contributed by atoms with Gasteiger partial charge in [-0.25, -0.2) is 0 Å². The Morgan fingerprint density at radius 1 is 1.05 bits per heavy atom. The molecule has 0 bridgehead atoms. The molecule has 0 amide bonds. The van der Waals surface area contributed by atoms with Crippen LogP contribution in [0.4, 0.5) is 5.69 Å². The molecule has 0 saturated carbocycles. The maximum absolute atomic E-state index is 12.0. The van der Waals surface area contributed by atoms with Crippen molar-refractivity contribution in [1.82, 2.24) is 8.61 Å². The molecule has 2 rings (SSSR count). The molecule has 1 aromatic carbocycles. The monoisotopic (exact) mass is 313 g/mol. The Hall–Kier alpha value is -1.13. The lowest BCUT2D eigenvalue weighted by atomic mass is 9.80. The lowest BCUT2D eigenvalue weighted by Crippen LogP contribution is -2.51. The van der Waals surface area contributed by atoms with Gasteiger partial charge in [0.2, 0.25) is 0 Å². The van der Waals surface area contributed by atoms with E-state index in [1.54, 1.807) is 12.1 Å². The molecule has 1 heterocycles. The van der Waals surface area contributed by atoms with Crippen LogP contribution in [-0.4, -0.2) is 74.5 Å². The number of nitrogens with zero attached hydrogens (tertiary/aromatic N) is 3. The maximum atomic E-state index is 12.0. The van der Waals surface area contributed by atoms with Gasteiger partial charge in [-0.2, -0.15) is 17.0 Å². The van der Waals surface area contributed by atoms with Gasteiger partial charge in [0.1, 0.15) is 0 Å². The molecule has 9 heteroatoms. The van der Waals surface area contributed by atoms with Crippen LogP contribution < -0.4 is 10.4 Å². The summed E-state index contributed by atoms with van der Waals surface area (Å²) in [5, 5.41) is 18.1. The van der Waals surface area contributed by atoms with E-state index in [1.165, 1.54) is 22.7 Å². The summed E-state index contributed by atoms with van der Waals surface area (Å²) in [5.74, 6) is 0. The van der Waals surface area contributed by atoms with Gasteiger partial charge in [-0.05, 0) is 17.6 Å². The Morgan fingerprint density at radius 3 is 2.00 bits per heavy atom. The topological polar surface area (TPSA) is 84.3 Å². The van der Waals surface area contributed by atoms with Gasteiger partial charge in [0.25, 0.3) is 10.2 Å². The second-order valence-corrected chi connectivity index (χ2v) is 7.28. The van der Waals surface area contributed by atoms with Gasteiger partial charge in [0.05, 0.1) is 0 Å². The fourth-order valence-electron chi connectivity index (χ4n) is 2.27. The summed E-state index contributed by atoms with van der Waals surface area (Å²) < 4.78 is 26.7. The molecule has 0 radical (unpaired) electrons. The van der Waals surface area contributed by atoms with Crippen LogP contribution in [0.2, 0.25) is 0 Å². The van der Waals surface area contributed by atoms with E-state index in [0.717, 1.165) is 5.69 Å². The van der Waals surface area contributed by atoms with Gasteiger partial charge in [0.15, 0.2) is 0 Å². The molecule has 1 aromatic rings. The first-order valence-electron chi connectivity index (χ1n) is 6.71. The van der Waals surface area contributed by atoms with Crippen molar-refractivity contribution in [3.05, 3.63) is 24.3 Å². The minimum absolute atomic E-state index is 0.435. The lowest BCUT2D eigenvalue weighted by Gasteiger charge is -2.36. The largest absolute Gasteiger partial charge is 0.488 e. The molecule has 1 fully saturated rings. The molecule has 1 saturated heterocycles. The van der Waals surface area contributed by atoms with E-state index in [0.29, 0.717) is 31.6 Å². The summed E-state index contributed by atoms with van der Waals surface area (Å²) in [6, 6.07) is 6.93. The van der Waals surface area contributed by atoms with E-state index < -0.39 is 17.3 Å². The van der Waals surface area contributed by atoms with Crippen LogP contribution in [0.15, 0.2) is 24.3 Å². The molecule has 0 unspecified atom stereocenters. The SMILES string of the molecule is CN(C)S(=O)(=O)N1CCN(c2ccc(B(O)O)cc2)CC1. The predicted molar refractivity (Wildman–Crippen MR) is 82.7 cm³/mol. The van der Waals surface area contributed by atoms with E-state index in [9.17, 15) is 8.42 Å². The smallest absolute Gasteiger partial charge is 0.423 e. The van der Waals surface area contributed by atoms with Crippen molar-refractivity contribution in [3.63, 3.8) is 0 Å². The summed E-state index contributed by atoms with van der Waals surface area (Å²) in [6.45, 7) is 2.08. The minimum Gasteiger partial charge on any atom is -0.423 e. The van der Waals surface area contributed by atoms with Crippen molar-refractivity contribution in [3.8, 4) is 0 Å². The number of rotatable bonds is 4. The summed E-state index contributed by atoms with van der Waals surface area (Å²) in [6.07, 6.45) is 0.